The van der Waals surface area contributed by atoms with E-state index in [1.54, 1.807) is 25.3 Å². The SMILES string of the molecule is CCCC(CC)NS(=O)(=O)c1ccc(OC)cc1CCN. The number of rotatable bonds is 9. The number of benzene rings is 1. The van der Waals surface area contributed by atoms with Crippen LogP contribution in [0, 0.1) is 0 Å². The molecule has 0 aromatic heterocycles. The third-order valence-electron chi connectivity index (χ3n) is 3.42. The van der Waals surface area contributed by atoms with Gasteiger partial charge in [0.15, 0.2) is 0 Å². The number of hydrogen-bond acceptors (Lipinski definition) is 4. The second kappa shape index (κ2) is 8.36. The summed E-state index contributed by atoms with van der Waals surface area (Å²) in [5.74, 6) is 0.637. The zero-order chi connectivity index (χ0) is 15.9. The molecule has 1 atom stereocenters. The highest BCUT2D eigenvalue weighted by Gasteiger charge is 2.21. The Balaban J connectivity index is 3.11. The van der Waals surface area contributed by atoms with Crippen LogP contribution in [0.4, 0.5) is 0 Å². The fourth-order valence-corrected chi connectivity index (χ4v) is 3.88. The Morgan fingerprint density at radius 2 is 2.05 bits per heavy atom. The molecule has 0 aliphatic rings. The van der Waals surface area contributed by atoms with Crippen LogP contribution in [0.2, 0.25) is 0 Å². The average molecular weight is 314 g/mol. The summed E-state index contributed by atoms with van der Waals surface area (Å²) in [7, 11) is -1.97. The van der Waals surface area contributed by atoms with Crippen molar-refractivity contribution >= 4 is 10.0 Å². The molecule has 0 saturated carbocycles. The Bertz CT molecular complexity index is 544. The molecule has 0 spiro atoms. The number of ether oxygens (including phenoxy) is 1. The van der Waals surface area contributed by atoms with E-state index >= 15 is 0 Å². The van der Waals surface area contributed by atoms with Gasteiger partial charge in [0.25, 0.3) is 0 Å². The maximum Gasteiger partial charge on any atom is 0.241 e. The van der Waals surface area contributed by atoms with E-state index in [0.717, 1.165) is 19.3 Å². The maximum atomic E-state index is 12.6. The summed E-state index contributed by atoms with van der Waals surface area (Å²) in [4.78, 5) is 0.295. The lowest BCUT2D eigenvalue weighted by Gasteiger charge is -2.18. The Hall–Kier alpha value is -1.11. The van der Waals surface area contributed by atoms with E-state index in [9.17, 15) is 8.42 Å². The van der Waals surface area contributed by atoms with E-state index in [2.05, 4.69) is 4.72 Å². The molecule has 0 fully saturated rings. The fraction of sp³-hybridized carbons (Fsp3) is 0.600. The van der Waals surface area contributed by atoms with Gasteiger partial charge in [-0.1, -0.05) is 20.3 Å². The second-order valence-corrected chi connectivity index (χ2v) is 6.71. The van der Waals surface area contributed by atoms with Crippen molar-refractivity contribution in [2.45, 2.75) is 50.5 Å². The van der Waals surface area contributed by atoms with E-state index < -0.39 is 10.0 Å². The van der Waals surface area contributed by atoms with Crippen molar-refractivity contribution in [2.24, 2.45) is 5.73 Å². The van der Waals surface area contributed by atoms with Crippen LogP contribution in [0.25, 0.3) is 0 Å². The van der Waals surface area contributed by atoms with Gasteiger partial charge in [-0.05, 0) is 49.6 Å². The molecule has 0 heterocycles. The molecule has 1 aromatic carbocycles. The summed E-state index contributed by atoms with van der Waals surface area (Å²) < 4.78 is 33.1. The van der Waals surface area contributed by atoms with Crippen LogP contribution in [0.1, 0.15) is 38.7 Å². The quantitative estimate of drug-likeness (QED) is 0.731. The standard InChI is InChI=1S/C15H26N2O3S/c1-4-6-13(5-2)17-21(18,19)15-8-7-14(20-3)11-12(15)9-10-16/h7-8,11,13,17H,4-6,9-10,16H2,1-3H3. The average Bonchev–Trinajstić information content (AvgIpc) is 2.46. The lowest BCUT2D eigenvalue weighted by Crippen LogP contribution is -2.34. The minimum absolute atomic E-state index is 0.0344. The first-order chi connectivity index (χ1) is 9.98. The van der Waals surface area contributed by atoms with Crippen LogP contribution in [-0.2, 0) is 16.4 Å². The van der Waals surface area contributed by atoms with Gasteiger partial charge in [-0.3, -0.25) is 0 Å². The van der Waals surface area contributed by atoms with Gasteiger partial charge >= 0.3 is 0 Å². The molecule has 0 bridgehead atoms. The van der Waals surface area contributed by atoms with E-state index in [4.69, 9.17) is 10.5 Å². The number of hydrogen-bond donors (Lipinski definition) is 2. The zero-order valence-electron chi connectivity index (χ0n) is 13.1. The van der Waals surface area contributed by atoms with E-state index in [1.807, 2.05) is 13.8 Å². The first-order valence-electron chi connectivity index (χ1n) is 7.37. The molecule has 0 saturated heterocycles. The summed E-state index contributed by atoms with van der Waals surface area (Å²) in [6.45, 7) is 4.42. The van der Waals surface area contributed by atoms with Crippen molar-refractivity contribution in [1.82, 2.24) is 4.72 Å². The van der Waals surface area contributed by atoms with E-state index in [1.165, 1.54) is 0 Å². The minimum atomic E-state index is -3.53. The maximum absolute atomic E-state index is 12.6. The Morgan fingerprint density at radius 3 is 2.57 bits per heavy atom. The molecule has 0 amide bonds. The normalized spacial score (nSPS) is 13.1. The number of sulfonamides is 1. The van der Waals surface area contributed by atoms with Gasteiger partial charge in [-0.15, -0.1) is 0 Å². The molecule has 1 aromatic rings. The summed E-state index contributed by atoms with van der Waals surface area (Å²) in [6.07, 6.45) is 3.05. The van der Waals surface area contributed by atoms with Crippen LogP contribution in [0.5, 0.6) is 5.75 Å². The molecule has 0 radical (unpaired) electrons. The second-order valence-electron chi connectivity index (χ2n) is 5.03. The molecule has 6 heteroatoms. The van der Waals surface area contributed by atoms with Crippen LogP contribution >= 0.6 is 0 Å². The number of nitrogens with two attached hydrogens (primary N) is 1. The molecular weight excluding hydrogens is 288 g/mol. The molecule has 21 heavy (non-hydrogen) atoms. The largest absolute Gasteiger partial charge is 0.497 e. The van der Waals surface area contributed by atoms with Crippen LogP contribution in [-0.4, -0.2) is 28.1 Å². The lowest BCUT2D eigenvalue weighted by molar-refractivity contribution is 0.413. The molecule has 1 rings (SSSR count). The monoisotopic (exact) mass is 314 g/mol. The summed E-state index contributed by atoms with van der Waals surface area (Å²) in [5, 5.41) is 0. The Morgan fingerprint density at radius 1 is 1.33 bits per heavy atom. The number of nitrogens with one attached hydrogen (secondary N) is 1. The van der Waals surface area contributed by atoms with Gasteiger partial charge in [0.1, 0.15) is 5.75 Å². The third kappa shape index (κ3) is 4.98. The first kappa shape index (κ1) is 17.9. The highest BCUT2D eigenvalue weighted by Crippen LogP contribution is 2.23. The van der Waals surface area contributed by atoms with Crippen LogP contribution < -0.4 is 15.2 Å². The van der Waals surface area contributed by atoms with Gasteiger partial charge < -0.3 is 10.5 Å². The Labute approximate surface area is 127 Å². The van der Waals surface area contributed by atoms with Crippen molar-refractivity contribution in [1.29, 1.82) is 0 Å². The van der Waals surface area contributed by atoms with Crippen molar-refractivity contribution < 1.29 is 13.2 Å². The lowest BCUT2D eigenvalue weighted by atomic mass is 10.1. The molecule has 1 unspecified atom stereocenters. The van der Waals surface area contributed by atoms with Gasteiger partial charge in [0, 0.05) is 6.04 Å². The molecule has 0 aliphatic carbocycles. The van der Waals surface area contributed by atoms with Crippen LogP contribution in [0.3, 0.4) is 0 Å². The molecule has 120 valence electrons. The molecule has 5 nitrogen and oxygen atoms in total. The predicted molar refractivity (Wildman–Crippen MR) is 85.1 cm³/mol. The van der Waals surface area contributed by atoms with E-state index in [0.29, 0.717) is 29.2 Å². The molecule has 0 aliphatic heterocycles. The summed E-state index contributed by atoms with van der Waals surface area (Å²) in [6, 6.07) is 4.95. The predicted octanol–water partition coefficient (Wildman–Crippen LogP) is 2.05. The van der Waals surface area contributed by atoms with Crippen molar-refractivity contribution in [3.63, 3.8) is 0 Å². The summed E-state index contributed by atoms with van der Waals surface area (Å²) in [5.41, 5.74) is 6.27. The van der Waals surface area contributed by atoms with Crippen LogP contribution in [0.15, 0.2) is 23.1 Å². The van der Waals surface area contributed by atoms with Gasteiger partial charge in [0.2, 0.25) is 10.0 Å². The fourth-order valence-electron chi connectivity index (χ4n) is 2.27. The minimum Gasteiger partial charge on any atom is -0.497 e. The van der Waals surface area contributed by atoms with E-state index in [-0.39, 0.29) is 6.04 Å². The third-order valence-corrected chi connectivity index (χ3v) is 5.04. The highest BCUT2D eigenvalue weighted by molar-refractivity contribution is 7.89. The molecule has 3 N–H and O–H groups in total. The first-order valence-corrected chi connectivity index (χ1v) is 8.86. The molecular formula is C15H26N2O3S. The topological polar surface area (TPSA) is 81.4 Å². The Kier molecular flexibility index (Phi) is 7.14. The smallest absolute Gasteiger partial charge is 0.241 e. The van der Waals surface area contributed by atoms with Crippen molar-refractivity contribution in [3.05, 3.63) is 23.8 Å². The number of methoxy groups -OCH3 is 1. The summed E-state index contributed by atoms with van der Waals surface area (Å²) >= 11 is 0. The zero-order valence-corrected chi connectivity index (χ0v) is 13.9. The van der Waals surface area contributed by atoms with Gasteiger partial charge in [-0.2, -0.15) is 0 Å². The van der Waals surface area contributed by atoms with Gasteiger partial charge in [0.05, 0.1) is 12.0 Å². The van der Waals surface area contributed by atoms with Gasteiger partial charge in [-0.25, -0.2) is 13.1 Å². The van der Waals surface area contributed by atoms with Crippen molar-refractivity contribution in [2.75, 3.05) is 13.7 Å². The highest BCUT2D eigenvalue weighted by atomic mass is 32.2. The van der Waals surface area contributed by atoms with Crippen molar-refractivity contribution in [3.8, 4) is 5.75 Å².